The van der Waals surface area contributed by atoms with Crippen LogP contribution in [0.2, 0.25) is 0 Å². The Morgan fingerprint density at radius 1 is 1.45 bits per heavy atom. The molecular weight excluding hydrogens is 298 g/mol. The van der Waals surface area contributed by atoms with Crippen LogP contribution in [0.25, 0.3) is 0 Å². The van der Waals surface area contributed by atoms with Gasteiger partial charge in [0.2, 0.25) is 5.76 Å². The molecule has 0 bridgehead atoms. The Balaban J connectivity index is 1.62. The van der Waals surface area contributed by atoms with Gasteiger partial charge in [-0.3, -0.25) is 4.90 Å². The molecule has 0 saturated carbocycles. The molecule has 5 heteroatoms. The van der Waals surface area contributed by atoms with E-state index in [1.807, 2.05) is 6.92 Å². The standard InChI is InChI=1S/C17H21NO3S/c1-2-15-14(9-16(21-15)17(19)20)10-18-6-3-12(4-7-18)13-5-8-22-11-13/h5,8-9,11-12H,2-4,6-7,10H2,1H3,(H,19,20). The maximum atomic E-state index is 11.0. The van der Waals surface area contributed by atoms with Gasteiger partial charge in [-0.15, -0.1) is 0 Å². The molecule has 0 atom stereocenters. The quantitative estimate of drug-likeness (QED) is 0.905. The van der Waals surface area contributed by atoms with E-state index in [1.54, 1.807) is 17.4 Å². The van der Waals surface area contributed by atoms with Crippen LogP contribution in [0.3, 0.4) is 0 Å². The third-order valence-corrected chi connectivity index (χ3v) is 5.13. The predicted octanol–water partition coefficient (Wildman–Crippen LogP) is 3.98. The first-order valence-electron chi connectivity index (χ1n) is 7.76. The number of hydrogen-bond acceptors (Lipinski definition) is 4. The van der Waals surface area contributed by atoms with Crippen molar-refractivity contribution < 1.29 is 14.3 Å². The van der Waals surface area contributed by atoms with Crippen molar-refractivity contribution in [2.45, 2.75) is 38.6 Å². The van der Waals surface area contributed by atoms with Crippen LogP contribution in [-0.4, -0.2) is 29.1 Å². The number of thiophene rings is 1. The van der Waals surface area contributed by atoms with E-state index in [0.717, 1.165) is 37.4 Å². The molecule has 0 unspecified atom stereocenters. The van der Waals surface area contributed by atoms with Gasteiger partial charge in [0.05, 0.1) is 0 Å². The lowest BCUT2D eigenvalue weighted by atomic mass is 9.91. The van der Waals surface area contributed by atoms with Crippen LogP contribution in [0.1, 0.15) is 53.1 Å². The van der Waals surface area contributed by atoms with Gasteiger partial charge in [-0.05, 0) is 60.3 Å². The van der Waals surface area contributed by atoms with Gasteiger partial charge in [-0.25, -0.2) is 4.79 Å². The molecule has 1 N–H and O–H groups in total. The van der Waals surface area contributed by atoms with Gasteiger partial charge in [0, 0.05) is 18.5 Å². The van der Waals surface area contributed by atoms with Gasteiger partial charge in [0.15, 0.2) is 0 Å². The highest BCUT2D eigenvalue weighted by Crippen LogP contribution is 2.30. The number of aryl methyl sites for hydroxylation is 1. The smallest absolute Gasteiger partial charge is 0.371 e. The molecule has 1 aliphatic rings. The van der Waals surface area contributed by atoms with Crippen molar-refractivity contribution >= 4 is 17.3 Å². The first kappa shape index (κ1) is 15.3. The zero-order chi connectivity index (χ0) is 15.5. The molecule has 1 fully saturated rings. The third kappa shape index (κ3) is 3.25. The molecule has 22 heavy (non-hydrogen) atoms. The molecule has 0 aromatic carbocycles. The largest absolute Gasteiger partial charge is 0.475 e. The molecule has 3 rings (SSSR count). The lowest BCUT2D eigenvalue weighted by Crippen LogP contribution is -2.32. The second-order valence-electron chi connectivity index (χ2n) is 5.82. The van der Waals surface area contributed by atoms with Gasteiger partial charge in [-0.1, -0.05) is 6.92 Å². The molecule has 1 saturated heterocycles. The Labute approximate surface area is 134 Å². The summed E-state index contributed by atoms with van der Waals surface area (Å²) in [6, 6.07) is 3.92. The van der Waals surface area contributed by atoms with Crippen LogP contribution in [0.15, 0.2) is 27.3 Å². The Kier molecular flexibility index (Phi) is 4.64. The number of rotatable bonds is 5. The summed E-state index contributed by atoms with van der Waals surface area (Å²) in [4.78, 5) is 13.4. The van der Waals surface area contributed by atoms with E-state index in [1.165, 1.54) is 18.4 Å². The molecule has 0 radical (unpaired) electrons. The molecule has 1 aliphatic heterocycles. The minimum Gasteiger partial charge on any atom is -0.475 e. The van der Waals surface area contributed by atoms with Gasteiger partial charge in [0.1, 0.15) is 5.76 Å². The highest BCUT2D eigenvalue weighted by Gasteiger charge is 2.23. The summed E-state index contributed by atoms with van der Waals surface area (Å²) in [5.41, 5.74) is 2.49. The third-order valence-electron chi connectivity index (χ3n) is 4.42. The van der Waals surface area contributed by atoms with E-state index in [-0.39, 0.29) is 5.76 Å². The number of carboxylic acid groups (broad SMARTS) is 1. The molecule has 3 heterocycles. The van der Waals surface area contributed by atoms with E-state index in [9.17, 15) is 4.79 Å². The van der Waals surface area contributed by atoms with Crippen LogP contribution < -0.4 is 0 Å². The van der Waals surface area contributed by atoms with Gasteiger partial charge < -0.3 is 9.52 Å². The summed E-state index contributed by atoms with van der Waals surface area (Å²) in [6.45, 7) is 4.89. The van der Waals surface area contributed by atoms with E-state index < -0.39 is 5.97 Å². The molecule has 2 aromatic rings. The van der Waals surface area contributed by atoms with Crippen molar-refractivity contribution in [1.29, 1.82) is 0 Å². The van der Waals surface area contributed by atoms with E-state index in [0.29, 0.717) is 5.92 Å². The van der Waals surface area contributed by atoms with Crippen LogP contribution in [0.5, 0.6) is 0 Å². The fourth-order valence-corrected chi connectivity index (χ4v) is 3.92. The number of piperidine rings is 1. The summed E-state index contributed by atoms with van der Waals surface area (Å²) in [7, 11) is 0. The fraction of sp³-hybridized carbons (Fsp3) is 0.471. The maximum absolute atomic E-state index is 11.0. The van der Waals surface area contributed by atoms with Crippen molar-refractivity contribution in [3.8, 4) is 0 Å². The lowest BCUT2D eigenvalue weighted by molar-refractivity contribution is 0.0660. The highest BCUT2D eigenvalue weighted by molar-refractivity contribution is 7.07. The fourth-order valence-electron chi connectivity index (χ4n) is 3.18. The molecule has 2 aromatic heterocycles. The predicted molar refractivity (Wildman–Crippen MR) is 86.6 cm³/mol. The average Bonchev–Trinajstić information content (AvgIpc) is 3.17. The monoisotopic (exact) mass is 319 g/mol. The van der Waals surface area contributed by atoms with Crippen molar-refractivity contribution in [1.82, 2.24) is 4.90 Å². The number of nitrogens with zero attached hydrogens (tertiary/aromatic N) is 1. The van der Waals surface area contributed by atoms with Crippen LogP contribution >= 0.6 is 11.3 Å². The normalized spacial score (nSPS) is 17.0. The SMILES string of the molecule is CCc1oc(C(=O)O)cc1CN1CCC(c2ccsc2)CC1. The molecule has 0 amide bonds. The summed E-state index contributed by atoms with van der Waals surface area (Å²) >= 11 is 1.77. The van der Waals surface area contributed by atoms with E-state index >= 15 is 0 Å². The summed E-state index contributed by atoms with van der Waals surface area (Å²) in [6.07, 6.45) is 3.07. The second kappa shape index (κ2) is 6.67. The first-order valence-corrected chi connectivity index (χ1v) is 8.71. The van der Waals surface area contributed by atoms with Gasteiger partial charge >= 0.3 is 5.97 Å². The number of hydrogen-bond donors (Lipinski definition) is 1. The van der Waals surface area contributed by atoms with Crippen LogP contribution in [0, 0.1) is 0 Å². The topological polar surface area (TPSA) is 53.7 Å². The average molecular weight is 319 g/mol. The van der Waals surface area contributed by atoms with Gasteiger partial charge in [0.25, 0.3) is 0 Å². The van der Waals surface area contributed by atoms with Crippen molar-refractivity contribution in [3.63, 3.8) is 0 Å². The molecular formula is C17H21NO3S. The summed E-state index contributed by atoms with van der Waals surface area (Å²) < 4.78 is 5.42. The summed E-state index contributed by atoms with van der Waals surface area (Å²) in [5.74, 6) is 0.543. The lowest BCUT2D eigenvalue weighted by Gasteiger charge is -2.31. The molecule has 4 nitrogen and oxygen atoms in total. The van der Waals surface area contributed by atoms with E-state index in [2.05, 4.69) is 21.7 Å². The Morgan fingerprint density at radius 2 is 2.23 bits per heavy atom. The Morgan fingerprint density at radius 3 is 2.82 bits per heavy atom. The number of carboxylic acids is 1. The van der Waals surface area contributed by atoms with Crippen LogP contribution in [0.4, 0.5) is 0 Å². The maximum Gasteiger partial charge on any atom is 0.371 e. The summed E-state index contributed by atoms with van der Waals surface area (Å²) in [5, 5.41) is 13.5. The minimum atomic E-state index is -0.989. The van der Waals surface area contributed by atoms with Crippen molar-refractivity contribution in [3.05, 3.63) is 45.5 Å². The van der Waals surface area contributed by atoms with Crippen LogP contribution in [-0.2, 0) is 13.0 Å². The number of carbonyl (C=O) groups is 1. The van der Waals surface area contributed by atoms with Crippen molar-refractivity contribution in [2.75, 3.05) is 13.1 Å². The minimum absolute atomic E-state index is 0.0556. The zero-order valence-electron chi connectivity index (χ0n) is 12.7. The highest BCUT2D eigenvalue weighted by atomic mass is 32.1. The number of furan rings is 1. The molecule has 0 aliphatic carbocycles. The first-order chi connectivity index (χ1) is 10.7. The number of likely N-dealkylation sites (tertiary alicyclic amines) is 1. The van der Waals surface area contributed by atoms with E-state index in [4.69, 9.17) is 9.52 Å². The zero-order valence-corrected chi connectivity index (χ0v) is 13.6. The van der Waals surface area contributed by atoms with Crippen molar-refractivity contribution in [2.24, 2.45) is 0 Å². The Hall–Kier alpha value is -1.59. The number of aromatic carboxylic acids is 1. The Bertz CT molecular complexity index is 624. The molecule has 118 valence electrons. The second-order valence-corrected chi connectivity index (χ2v) is 6.60. The molecule has 0 spiro atoms. The van der Waals surface area contributed by atoms with Gasteiger partial charge in [-0.2, -0.15) is 11.3 Å².